The molecule has 0 aromatic heterocycles. The fraction of sp³-hybridized carbons (Fsp3) is 0.308. The molecule has 1 N–H and O–H groups in total. The Morgan fingerprint density at radius 1 is 0.733 bits per heavy atom. The van der Waals surface area contributed by atoms with E-state index in [0.29, 0.717) is 6.16 Å². The van der Waals surface area contributed by atoms with Crippen molar-refractivity contribution >= 4 is 29.5 Å². The molecular weight excluding hydrogens is 405 g/mol. The summed E-state index contributed by atoms with van der Waals surface area (Å²) in [5, 5.41) is 5.56. The van der Waals surface area contributed by atoms with Gasteiger partial charge in [0.15, 0.2) is 0 Å². The topological polar surface area (TPSA) is 29.1 Å². The van der Waals surface area contributed by atoms with Crippen LogP contribution in [0, 0.1) is 0 Å². The van der Waals surface area contributed by atoms with Crippen molar-refractivity contribution in [3.8, 4) is 0 Å². The first-order chi connectivity index (χ1) is 14.2. The van der Waals surface area contributed by atoms with Gasteiger partial charge in [0.05, 0.1) is 0 Å². The fourth-order valence-corrected chi connectivity index (χ4v) is 7.85. The summed E-state index contributed by atoms with van der Waals surface area (Å²) in [6.07, 6.45) is 0.570. The van der Waals surface area contributed by atoms with E-state index in [1.165, 1.54) is 4.90 Å². The van der Waals surface area contributed by atoms with Crippen LogP contribution in [-0.2, 0) is 4.57 Å². The first-order valence-corrected chi connectivity index (χ1v) is 13.1. The maximum absolute atomic E-state index is 14.4. The highest BCUT2D eigenvalue weighted by molar-refractivity contribution is 8.00. The van der Waals surface area contributed by atoms with Crippen LogP contribution in [0.2, 0.25) is 0 Å². The first kappa shape index (κ1) is 22.9. The van der Waals surface area contributed by atoms with E-state index in [1.807, 2.05) is 78.5 Å². The number of benzene rings is 3. The monoisotopic (exact) mass is 437 g/mol. The minimum atomic E-state index is -2.76. The molecule has 0 heterocycles. The Labute approximate surface area is 185 Å². The summed E-state index contributed by atoms with van der Waals surface area (Å²) in [6, 6.07) is 30.4. The number of hydrogen-bond acceptors (Lipinski definition) is 3. The van der Waals surface area contributed by atoms with Gasteiger partial charge in [-0.3, -0.25) is 0 Å². The molecule has 0 saturated heterocycles. The second-order valence-corrected chi connectivity index (χ2v) is 13.6. The summed E-state index contributed by atoms with van der Waals surface area (Å²) in [5.74, 6) is 0. The number of hydrogen-bond donors (Lipinski definition) is 1. The number of nitrogens with one attached hydrogen (secondary N) is 1. The van der Waals surface area contributed by atoms with E-state index in [9.17, 15) is 4.57 Å². The lowest BCUT2D eigenvalue weighted by molar-refractivity contribution is 0.406. The van der Waals surface area contributed by atoms with Gasteiger partial charge in [0, 0.05) is 38.5 Å². The molecule has 0 radical (unpaired) electrons. The van der Waals surface area contributed by atoms with Crippen molar-refractivity contribution in [1.29, 1.82) is 0 Å². The lowest BCUT2D eigenvalue weighted by atomic mass is 10.1. The van der Waals surface area contributed by atoms with E-state index in [-0.39, 0.29) is 10.3 Å². The standard InChI is InChI=1S/C26H32NOPS/c1-25(2,27-20-26(3,4)30-24-18-12-7-13-19-24)21-29(28,22-14-8-5-9-15-22)23-16-10-6-11-17-23/h5-19,27H,20-21H2,1-4H3. The summed E-state index contributed by atoms with van der Waals surface area (Å²) in [5.41, 5.74) is -0.282. The Morgan fingerprint density at radius 2 is 1.17 bits per heavy atom. The van der Waals surface area contributed by atoms with Crippen molar-refractivity contribution < 1.29 is 4.57 Å². The van der Waals surface area contributed by atoms with Crippen LogP contribution in [0.15, 0.2) is 95.9 Å². The molecule has 30 heavy (non-hydrogen) atoms. The molecule has 0 fully saturated rings. The predicted octanol–water partition coefficient (Wildman–Crippen LogP) is 5.94. The smallest absolute Gasteiger partial charge is 0.145 e. The summed E-state index contributed by atoms with van der Waals surface area (Å²) >= 11 is 1.87. The minimum absolute atomic E-state index is 0.0160. The summed E-state index contributed by atoms with van der Waals surface area (Å²) < 4.78 is 14.4. The third-order valence-corrected chi connectivity index (χ3v) is 9.80. The fourth-order valence-electron chi connectivity index (χ4n) is 3.58. The van der Waals surface area contributed by atoms with Gasteiger partial charge in [0.1, 0.15) is 7.14 Å². The molecule has 0 aliphatic carbocycles. The van der Waals surface area contributed by atoms with Crippen molar-refractivity contribution in [3.63, 3.8) is 0 Å². The molecule has 3 aromatic rings. The Morgan fingerprint density at radius 3 is 1.63 bits per heavy atom. The van der Waals surface area contributed by atoms with Gasteiger partial charge in [-0.2, -0.15) is 0 Å². The second kappa shape index (κ2) is 9.56. The van der Waals surface area contributed by atoms with Crippen LogP contribution in [0.4, 0.5) is 0 Å². The molecule has 3 aromatic carbocycles. The molecule has 0 saturated carbocycles. The van der Waals surface area contributed by atoms with Gasteiger partial charge in [0.2, 0.25) is 0 Å². The van der Waals surface area contributed by atoms with Crippen LogP contribution in [0.1, 0.15) is 27.7 Å². The molecule has 0 spiro atoms. The highest BCUT2D eigenvalue weighted by Crippen LogP contribution is 2.46. The molecular formula is C26H32NOPS. The summed E-state index contributed by atoms with van der Waals surface area (Å²) in [4.78, 5) is 1.27. The van der Waals surface area contributed by atoms with E-state index in [4.69, 9.17) is 0 Å². The van der Waals surface area contributed by atoms with Crippen LogP contribution in [-0.4, -0.2) is 23.0 Å². The van der Waals surface area contributed by atoms with Crippen LogP contribution in [0.3, 0.4) is 0 Å². The average molecular weight is 438 g/mol. The Bertz CT molecular complexity index is 928. The van der Waals surface area contributed by atoms with Gasteiger partial charge in [-0.15, -0.1) is 11.8 Å². The van der Waals surface area contributed by atoms with Crippen LogP contribution < -0.4 is 15.9 Å². The van der Waals surface area contributed by atoms with E-state index >= 15 is 0 Å². The summed E-state index contributed by atoms with van der Waals surface area (Å²) in [6.45, 7) is 9.65. The molecule has 0 aliphatic rings. The lowest BCUT2D eigenvalue weighted by Crippen LogP contribution is -2.49. The van der Waals surface area contributed by atoms with Gasteiger partial charge in [-0.1, -0.05) is 78.9 Å². The number of thioether (sulfide) groups is 1. The zero-order valence-electron chi connectivity index (χ0n) is 18.3. The largest absolute Gasteiger partial charge is 0.314 e. The highest BCUT2D eigenvalue weighted by atomic mass is 32.2. The first-order valence-electron chi connectivity index (χ1n) is 10.4. The zero-order valence-corrected chi connectivity index (χ0v) is 20.0. The molecule has 4 heteroatoms. The van der Waals surface area contributed by atoms with Crippen molar-refractivity contribution in [2.75, 3.05) is 12.7 Å². The molecule has 0 bridgehead atoms. The number of rotatable bonds is 9. The van der Waals surface area contributed by atoms with Crippen LogP contribution >= 0.6 is 18.9 Å². The van der Waals surface area contributed by atoms with Gasteiger partial charge in [-0.25, -0.2) is 0 Å². The van der Waals surface area contributed by atoms with Crippen molar-refractivity contribution in [2.24, 2.45) is 0 Å². The van der Waals surface area contributed by atoms with Crippen LogP contribution in [0.25, 0.3) is 0 Å². The Hall–Kier alpha value is -1.80. The Kier molecular flexibility index (Phi) is 7.29. The average Bonchev–Trinajstić information content (AvgIpc) is 2.74. The molecule has 158 valence electrons. The van der Waals surface area contributed by atoms with Gasteiger partial charge >= 0.3 is 0 Å². The maximum atomic E-state index is 14.4. The third-order valence-electron chi connectivity index (χ3n) is 5.09. The van der Waals surface area contributed by atoms with Crippen molar-refractivity contribution in [1.82, 2.24) is 5.32 Å². The molecule has 0 amide bonds. The summed E-state index contributed by atoms with van der Waals surface area (Å²) in [7, 11) is -2.76. The van der Waals surface area contributed by atoms with E-state index in [1.54, 1.807) is 0 Å². The van der Waals surface area contributed by atoms with Gasteiger partial charge < -0.3 is 9.88 Å². The minimum Gasteiger partial charge on any atom is -0.314 e. The van der Waals surface area contributed by atoms with E-state index in [2.05, 4.69) is 57.3 Å². The highest BCUT2D eigenvalue weighted by Gasteiger charge is 2.35. The lowest BCUT2D eigenvalue weighted by Gasteiger charge is -2.35. The van der Waals surface area contributed by atoms with E-state index < -0.39 is 7.14 Å². The molecule has 0 aliphatic heterocycles. The molecule has 0 atom stereocenters. The molecule has 2 nitrogen and oxygen atoms in total. The van der Waals surface area contributed by atoms with Crippen molar-refractivity contribution in [2.45, 2.75) is 42.9 Å². The third kappa shape index (κ3) is 6.11. The SMILES string of the molecule is CC(C)(CP(=O)(c1ccccc1)c1ccccc1)NCC(C)(C)Sc1ccccc1. The van der Waals surface area contributed by atoms with Gasteiger partial charge in [0.25, 0.3) is 0 Å². The van der Waals surface area contributed by atoms with Crippen molar-refractivity contribution in [3.05, 3.63) is 91.0 Å². The zero-order chi connectivity index (χ0) is 21.7. The normalized spacial score (nSPS) is 12.7. The Balaban J connectivity index is 1.78. The van der Waals surface area contributed by atoms with Gasteiger partial charge in [-0.05, 0) is 39.8 Å². The second-order valence-electron chi connectivity index (χ2n) is 8.98. The quantitative estimate of drug-likeness (QED) is 0.332. The molecule has 3 rings (SSSR count). The molecule has 0 unspecified atom stereocenters. The van der Waals surface area contributed by atoms with Crippen LogP contribution in [0.5, 0.6) is 0 Å². The van der Waals surface area contributed by atoms with E-state index in [0.717, 1.165) is 17.2 Å². The predicted molar refractivity (Wildman–Crippen MR) is 133 cm³/mol. The maximum Gasteiger partial charge on any atom is 0.145 e.